The van der Waals surface area contributed by atoms with Gasteiger partial charge in [0.15, 0.2) is 0 Å². The largest absolute Gasteiger partial charge is 0.493 e. The maximum absolute atomic E-state index is 14.3. The van der Waals surface area contributed by atoms with Crippen LogP contribution in [0.5, 0.6) is 5.88 Å². The molecule has 0 unspecified atom stereocenters. The zero-order chi connectivity index (χ0) is 22.4. The minimum absolute atomic E-state index is 0.137. The van der Waals surface area contributed by atoms with Crippen molar-refractivity contribution >= 4 is 28.3 Å². The van der Waals surface area contributed by atoms with Crippen LogP contribution in [0.3, 0.4) is 0 Å². The quantitative estimate of drug-likeness (QED) is 0.406. The van der Waals surface area contributed by atoms with Crippen LogP contribution in [0.4, 0.5) is 10.1 Å². The second-order valence-electron chi connectivity index (χ2n) is 8.31. The van der Waals surface area contributed by atoms with Crippen LogP contribution in [0.2, 0.25) is 5.02 Å². The van der Waals surface area contributed by atoms with Gasteiger partial charge in [-0.1, -0.05) is 17.7 Å². The summed E-state index contributed by atoms with van der Waals surface area (Å²) in [6, 6.07) is 10.4. The van der Waals surface area contributed by atoms with Crippen molar-refractivity contribution < 1.29 is 9.50 Å². The highest BCUT2D eigenvalue weighted by molar-refractivity contribution is 6.31. The third-order valence-electron chi connectivity index (χ3n) is 5.92. The van der Waals surface area contributed by atoms with Gasteiger partial charge in [-0.3, -0.25) is 0 Å². The Hall–Kier alpha value is -3.16. The van der Waals surface area contributed by atoms with Gasteiger partial charge in [0.1, 0.15) is 17.2 Å². The number of rotatable bonds is 3. The van der Waals surface area contributed by atoms with Crippen LogP contribution in [-0.4, -0.2) is 39.2 Å². The van der Waals surface area contributed by atoms with Crippen molar-refractivity contribution in [2.45, 2.75) is 25.8 Å². The molecule has 0 bridgehead atoms. The van der Waals surface area contributed by atoms with Gasteiger partial charge in [0, 0.05) is 35.9 Å². The number of nitrogens with one attached hydrogen (secondary N) is 1. The molecule has 1 fully saturated rings. The smallest absolute Gasteiger partial charge is 0.224 e. The molecule has 0 saturated carbocycles. The molecule has 8 heteroatoms. The van der Waals surface area contributed by atoms with Gasteiger partial charge in [-0.15, -0.1) is 0 Å². The fourth-order valence-electron chi connectivity index (χ4n) is 4.36. The number of nitrogens with two attached hydrogens (primary N) is 1. The van der Waals surface area contributed by atoms with Gasteiger partial charge in [-0.25, -0.2) is 14.4 Å². The third-order valence-corrected chi connectivity index (χ3v) is 6.16. The number of fused-ring (bicyclic) bond motifs is 1. The number of aromatic hydroxyl groups is 1. The number of H-pyrrole nitrogens is 1. The van der Waals surface area contributed by atoms with E-state index in [2.05, 4.69) is 19.9 Å². The van der Waals surface area contributed by atoms with E-state index in [1.807, 2.05) is 19.1 Å². The van der Waals surface area contributed by atoms with Gasteiger partial charge in [0.2, 0.25) is 5.88 Å². The normalized spacial score (nSPS) is 14.9. The predicted octanol–water partition coefficient (Wildman–Crippen LogP) is 5.03. The zero-order valence-corrected chi connectivity index (χ0v) is 18.3. The lowest BCUT2D eigenvalue weighted by Gasteiger charge is -2.34. The second-order valence-corrected chi connectivity index (χ2v) is 8.74. The Morgan fingerprint density at radius 3 is 2.72 bits per heavy atom. The van der Waals surface area contributed by atoms with Gasteiger partial charge in [0.05, 0.1) is 16.7 Å². The number of aromatic nitrogens is 3. The van der Waals surface area contributed by atoms with E-state index in [1.54, 1.807) is 18.3 Å². The minimum atomic E-state index is -0.320. The molecule has 1 aliphatic heterocycles. The third kappa shape index (κ3) is 3.78. The van der Waals surface area contributed by atoms with Gasteiger partial charge in [0.25, 0.3) is 0 Å². The number of aromatic amines is 1. The molecule has 0 aliphatic carbocycles. The van der Waals surface area contributed by atoms with Crippen LogP contribution in [0.15, 0.2) is 42.6 Å². The molecule has 2 aromatic heterocycles. The van der Waals surface area contributed by atoms with E-state index in [9.17, 15) is 9.50 Å². The fraction of sp³-hybridized carbons (Fsp3) is 0.250. The summed E-state index contributed by atoms with van der Waals surface area (Å²) in [6.07, 6.45) is 3.23. The van der Waals surface area contributed by atoms with Crippen LogP contribution in [0.25, 0.3) is 33.5 Å². The average Bonchev–Trinajstić information content (AvgIpc) is 3.16. The van der Waals surface area contributed by atoms with Gasteiger partial charge in [-0.05, 0) is 61.2 Å². The molecule has 4 aromatic rings. The zero-order valence-electron chi connectivity index (χ0n) is 17.6. The van der Waals surface area contributed by atoms with Crippen molar-refractivity contribution in [1.82, 2.24) is 15.0 Å². The SMILES string of the molecule is Cc1cc(F)cc(-c2cnc(O)c(-c3nc4cc(Cl)ccc4[nH]3)c2N2CCC(N)CC2)c1. The number of aryl methyl sites for hydroxylation is 1. The van der Waals surface area contributed by atoms with Crippen LogP contribution in [0.1, 0.15) is 18.4 Å². The van der Waals surface area contributed by atoms with Crippen LogP contribution in [0, 0.1) is 12.7 Å². The van der Waals surface area contributed by atoms with E-state index < -0.39 is 0 Å². The highest BCUT2D eigenvalue weighted by atomic mass is 35.5. The van der Waals surface area contributed by atoms with Gasteiger partial charge in [-0.2, -0.15) is 0 Å². The first-order valence-corrected chi connectivity index (χ1v) is 10.9. The van der Waals surface area contributed by atoms with Crippen molar-refractivity contribution in [3.05, 3.63) is 59.0 Å². The molecule has 4 N–H and O–H groups in total. The summed E-state index contributed by atoms with van der Waals surface area (Å²) in [5.74, 6) is 0.0173. The molecular formula is C24H23ClFN5O. The van der Waals surface area contributed by atoms with E-state index in [1.165, 1.54) is 12.1 Å². The molecule has 0 atom stereocenters. The number of imidazole rings is 1. The fourth-order valence-corrected chi connectivity index (χ4v) is 4.53. The lowest BCUT2D eigenvalue weighted by atomic mass is 9.97. The maximum atomic E-state index is 14.3. The summed E-state index contributed by atoms with van der Waals surface area (Å²) >= 11 is 6.14. The number of halogens is 2. The van der Waals surface area contributed by atoms with Gasteiger partial charge < -0.3 is 20.7 Å². The molecular weight excluding hydrogens is 429 g/mol. The number of piperidine rings is 1. The second kappa shape index (κ2) is 8.07. The van der Waals surface area contributed by atoms with E-state index in [4.69, 9.17) is 17.3 Å². The highest BCUT2D eigenvalue weighted by Crippen LogP contribution is 2.44. The molecule has 3 heterocycles. The Morgan fingerprint density at radius 2 is 1.97 bits per heavy atom. The first kappa shape index (κ1) is 20.7. The molecule has 6 nitrogen and oxygen atoms in total. The maximum Gasteiger partial charge on any atom is 0.224 e. The summed E-state index contributed by atoms with van der Waals surface area (Å²) in [6.45, 7) is 3.28. The topological polar surface area (TPSA) is 91.1 Å². The first-order valence-electron chi connectivity index (χ1n) is 10.5. The number of nitrogens with zero attached hydrogens (tertiary/aromatic N) is 3. The molecule has 0 radical (unpaired) electrons. The van der Waals surface area contributed by atoms with Crippen molar-refractivity contribution in [3.8, 4) is 28.4 Å². The summed E-state index contributed by atoms with van der Waals surface area (Å²) in [5, 5.41) is 11.4. The Kier molecular flexibility index (Phi) is 5.23. The molecule has 0 spiro atoms. The number of hydrogen-bond acceptors (Lipinski definition) is 5. The van der Waals surface area contributed by atoms with Crippen LogP contribution in [-0.2, 0) is 0 Å². The van der Waals surface area contributed by atoms with Crippen molar-refractivity contribution in [2.75, 3.05) is 18.0 Å². The summed E-state index contributed by atoms with van der Waals surface area (Å²) < 4.78 is 14.3. The first-order chi connectivity index (χ1) is 15.4. The molecule has 2 aromatic carbocycles. The van der Waals surface area contributed by atoms with Crippen molar-refractivity contribution in [2.24, 2.45) is 5.73 Å². The summed E-state index contributed by atoms with van der Waals surface area (Å²) in [5.41, 5.74) is 11.1. The van der Waals surface area contributed by atoms with Crippen LogP contribution >= 0.6 is 11.6 Å². The number of pyridine rings is 1. The average molecular weight is 452 g/mol. The van der Waals surface area contributed by atoms with E-state index in [-0.39, 0.29) is 17.7 Å². The minimum Gasteiger partial charge on any atom is -0.493 e. The number of benzene rings is 2. The predicted molar refractivity (Wildman–Crippen MR) is 126 cm³/mol. The Balaban J connectivity index is 1.76. The summed E-state index contributed by atoms with van der Waals surface area (Å²) in [4.78, 5) is 14.4. The Morgan fingerprint density at radius 1 is 1.19 bits per heavy atom. The monoisotopic (exact) mass is 451 g/mol. The van der Waals surface area contributed by atoms with Crippen LogP contribution < -0.4 is 10.6 Å². The number of anilines is 1. The molecule has 0 amide bonds. The van der Waals surface area contributed by atoms with Gasteiger partial charge >= 0.3 is 0 Å². The molecule has 32 heavy (non-hydrogen) atoms. The lowest BCUT2D eigenvalue weighted by molar-refractivity contribution is 0.454. The van der Waals surface area contributed by atoms with E-state index in [0.717, 1.165) is 35.2 Å². The Labute approximate surface area is 189 Å². The van der Waals surface area contributed by atoms with E-state index in [0.29, 0.717) is 40.6 Å². The highest BCUT2D eigenvalue weighted by Gasteiger charge is 2.27. The standard InChI is InChI=1S/C24H23ClFN5O/c1-13-8-14(10-16(26)9-13)18-12-28-24(32)21(22(18)31-6-4-17(27)5-7-31)23-29-19-3-2-15(25)11-20(19)30-23/h2-3,8-12,17H,4-7,27H2,1H3,(H,28,32)(H,29,30). The molecule has 5 rings (SSSR count). The van der Waals surface area contributed by atoms with Crippen molar-refractivity contribution in [1.29, 1.82) is 0 Å². The number of hydrogen-bond donors (Lipinski definition) is 3. The van der Waals surface area contributed by atoms with Crippen molar-refractivity contribution in [3.63, 3.8) is 0 Å². The van der Waals surface area contributed by atoms with E-state index >= 15 is 0 Å². The molecule has 1 saturated heterocycles. The Bertz CT molecular complexity index is 1290. The molecule has 1 aliphatic rings. The lowest BCUT2D eigenvalue weighted by Crippen LogP contribution is -2.40. The molecule has 164 valence electrons. The summed E-state index contributed by atoms with van der Waals surface area (Å²) in [7, 11) is 0.